The van der Waals surface area contributed by atoms with Gasteiger partial charge in [0, 0.05) is 11.1 Å². The second kappa shape index (κ2) is 2.66. The highest BCUT2D eigenvalue weighted by molar-refractivity contribution is 5.45. The third-order valence-corrected chi connectivity index (χ3v) is 0.191. The van der Waals surface area contributed by atoms with E-state index < -0.39 is 24.9 Å². The number of carbonyl (C=O) groups excluding carboxylic acids is 1. The Balaban J connectivity index is 4.82. The van der Waals surface area contributed by atoms with Crippen LogP contribution in [0.25, 0.3) is 0 Å². The largest absolute Gasteiger partial charge is 0.376 e. The highest BCUT2D eigenvalue weighted by Gasteiger charge is 1.80. The molecule has 0 aromatic rings. The van der Waals surface area contributed by atoms with Crippen molar-refractivity contribution in [3.05, 3.63) is 0 Å². The van der Waals surface area contributed by atoms with Gasteiger partial charge < -0.3 is 10.0 Å². The van der Waals surface area contributed by atoms with Crippen molar-refractivity contribution in [2.45, 2.75) is 0 Å². The Kier molecular flexibility index (Phi) is 0.434. The molecule has 0 unspecified atom stereocenters. The number of rotatable bonds is 1. The number of nitrogens with zero attached hydrogens (tertiary/aromatic N) is 1. The molecule has 3 heteroatoms. The van der Waals surface area contributed by atoms with Gasteiger partial charge in [0.1, 0.15) is 8.05 Å². The maximum atomic E-state index is 10.3. The highest BCUT2D eigenvalue weighted by Crippen LogP contribution is 1.62. The summed E-state index contributed by atoms with van der Waals surface area (Å²) < 4.78 is 39.2. The van der Waals surface area contributed by atoms with E-state index in [1.165, 1.54) is 0 Å². The fraction of sp³-hybridized carbons (Fsp3) is 0.667. The molecule has 3 nitrogen and oxygen atoms in total. The van der Waals surface area contributed by atoms with Gasteiger partial charge in [-0.1, -0.05) is 0 Å². The molecule has 0 aromatic carbocycles. The Bertz CT molecular complexity index is 168. The van der Waals surface area contributed by atoms with Crippen molar-refractivity contribution < 1.29 is 18.1 Å². The molecule has 0 fully saturated rings. The predicted octanol–water partition coefficient (Wildman–Crippen LogP) is -0.976. The molecule has 36 valence electrons. The topological polar surface area (TPSA) is 40.5 Å². The lowest BCUT2D eigenvalue weighted by Gasteiger charge is -2.00. The van der Waals surface area contributed by atoms with Crippen LogP contribution in [0.1, 0.15) is 8.22 Å². The molecule has 0 aromatic heterocycles. The minimum atomic E-state index is -3.34. The summed E-state index contributed by atoms with van der Waals surface area (Å²) in [5.41, 5.74) is 0. The Hall–Kier alpha value is -0.570. The van der Waals surface area contributed by atoms with Gasteiger partial charge in [-0.15, -0.1) is 0 Å². The molecular formula is C3H7NO2. The number of hydrogen-bond donors (Lipinski definition) is 1. The van der Waals surface area contributed by atoms with Crippen LogP contribution >= 0.6 is 0 Å². The van der Waals surface area contributed by atoms with Crippen LogP contribution in [-0.2, 0) is 4.79 Å². The summed E-state index contributed by atoms with van der Waals surface area (Å²) in [5.74, 6) is 0. The Morgan fingerprint density at radius 3 is 3.33 bits per heavy atom. The standard InChI is InChI=1S/C3H7NO2/c1-4(2-5)3-6/h2,6H,3H2,1H3/i1D3,2D,3D2. The lowest BCUT2D eigenvalue weighted by molar-refractivity contribution is -0.119. The number of hydrogen-bond acceptors (Lipinski definition) is 2. The van der Waals surface area contributed by atoms with E-state index in [-0.39, 0.29) is 0 Å². The van der Waals surface area contributed by atoms with E-state index in [2.05, 4.69) is 0 Å². The van der Waals surface area contributed by atoms with E-state index in [9.17, 15) is 4.79 Å². The summed E-state index contributed by atoms with van der Waals surface area (Å²) in [5, 5.41) is 8.54. The van der Waals surface area contributed by atoms with Gasteiger partial charge in [0.05, 0.1) is 2.74 Å². The smallest absolute Gasteiger partial charge is 0.211 e. The third kappa shape index (κ3) is 1.72. The average Bonchev–Trinajstić information content (AvgIpc) is 1.49. The van der Waals surface area contributed by atoms with Crippen LogP contribution in [-0.4, -0.2) is 30.1 Å². The summed E-state index contributed by atoms with van der Waals surface area (Å²) in [4.78, 5) is 9.73. The summed E-state index contributed by atoms with van der Waals surface area (Å²) in [7, 11) is 0. The molecule has 0 rings (SSSR count). The van der Waals surface area contributed by atoms with Crippen molar-refractivity contribution in [1.82, 2.24) is 4.90 Å². The van der Waals surface area contributed by atoms with E-state index in [0.717, 1.165) is 0 Å². The molecule has 1 N–H and O–H groups in total. The molecule has 0 spiro atoms. The van der Waals surface area contributed by atoms with Crippen molar-refractivity contribution in [2.24, 2.45) is 0 Å². The first kappa shape index (κ1) is 0.980. The first-order chi connectivity index (χ1) is 5.07. The summed E-state index contributed by atoms with van der Waals surface area (Å²) in [6, 6.07) is 0. The summed E-state index contributed by atoms with van der Waals surface area (Å²) in [6.07, 6.45) is -1.80. The predicted molar refractivity (Wildman–Crippen MR) is 20.9 cm³/mol. The van der Waals surface area contributed by atoms with Crippen LogP contribution < -0.4 is 0 Å². The van der Waals surface area contributed by atoms with Gasteiger partial charge in [-0.05, 0) is 0 Å². The molecule has 0 aliphatic heterocycles. The molecule has 1 amide bonds. The van der Waals surface area contributed by atoms with Gasteiger partial charge in [0.2, 0.25) is 6.39 Å². The first-order valence-corrected chi connectivity index (χ1v) is 1.10. The zero-order valence-corrected chi connectivity index (χ0v) is 2.80. The Labute approximate surface area is 44.6 Å². The summed E-state index contributed by atoms with van der Waals surface area (Å²) >= 11 is 0. The minimum Gasteiger partial charge on any atom is -0.376 e. The molecular weight excluding hydrogens is 82.0 g/mol. The van der Waals surface area contributed by atoms with Crippen molar-refractivity contribution in [3.63, 3.8) is 0 Å². The van der Waals surface area contributed by atoms with E-state index in [1.54, 1.807) is 0 Å². The van der Waals surface area contributed by atoms with Crippen LogP contribution in [0.4, 0.5) is 0 Å². The highest BCUT2D eigenvalue weighted by atomic mass is 16.3. The molecule has 0 atom stereocenters. The van der Waals surface area contributed by atoms with Crippen LogP contribution in [0.15, 0.2) is 0 Å². The molecule has 6 heavy (non-hydrogen) atoms. The van der Waals surface area contributed by atoms with Gasteiger partial charge in [-0.25, -0.2) is 0 Å². The number of amides is 1. The van der Waals surface area contributed by atoms with Gasteiger partial charge in [-0.3, -0.25) is 4.79 Å². The first-order valence-electron chi connectivity index (χ1n) is 4.10. The van der Waals surface area contributed by atoms with E-state index in [4.69, 9.17) is 13.3 Å². The quantitative estimate of drug-likeness (QED) is 0.336. The van der Waals surface area contributed by atoms with Gasteiger partial charge >= 0.3 is 0 Å². The number of aliphatic hydroxyl groups is 1. The van der Waals surface area contributed by atoms with E-state index in [1.807, 2.05) is 0 Å². The zero-order valence-electron chi connectivity index (χ0n) is 8.80. The van der Waals surface area contributed by atoms with E-state index >= 15 is 0 Å². The monoisotopic (exact) mass is 95.1 g/mol. The molecule has 0 saturated heterocycles. The van der Waals surface area contributed by atoms with E-state index in [0.29, 0.717) is 0 Å². The van der Waals surface area contributed by atoms with Crippen molar-refractivity contribution in [1.29, 1.82) is 0 Å². The van der Waals surface area contributed by atoms with Gasteiger partial charge in [0.15, 0.2) is 0 Å². The molecule has 0 saturated carbocycles. The Morgan fingerprint density at radius 2 is 3.33 bits per heavy atom. The lowest BCUT2D eigenvalue weighted by atomic mass is 10.9. The third-order valence-electron chi connectivity index (χ3n) is 0.191. The minimum absolute atomic E-state index is 0.542. The normalized spacial score (nSPS) is 26.8. The summed E-state index contributed by atoms with van der Waals surface area (Å²) in [6.45, 7) is -6.50. The van der Waals surface area contributed by atoms with Crippen molar-refractivity contribution in [2.75, 3.05) is 13.7 Å². The number of carbonyl (C=O) groups is 1. The fourth-order valence-electron chi connectivity index (χ4n) is 0.0204. The zero-order chi connectivity index (χ0) is 10.2. The lowest BCUT2D eigenvalue weighted by Crippen LogP contribution is -2.15. The van der Waals surface area contributed by atoms with Crippen LogP contribution in [0, 0.1) is 0 Å². The maximum absolute atomic E-state index is 10.3. The van der Waals surface area contributed by atoms with Crippen molar-refractivity contribution in [3.8, 4) is 0 Å². The van der Waals surface area contributed by atoms with Gasteiger partial charge in [0.25, 0.3) is 0 Å². The fourth-order valence-corrected chi connectivity index (χ4v) is 0.0204. The second-order valence-corrected chi connectivity index (χ2v) is 0.527. The molecule has 0 aliphatic rings. The second-order valence-electron chi connectivity index (χ2n) is 0.527. The molecule has 0 radical (unpaired) electrons. The molecule has 0 bridgehead atoms. The maximum Gasteiger partial charge on any atom is 0.211 e. The molecule has 0 aliphatic carbocycles. The Morgan fingerprint density at radius 1 is 2.67 bits per heavy atom. The SMILES string of the molecule is [2H]C(=O)N(C([2H])([2H])[2H])C([2H])([2H])O. The van der Waals surface area contributed by atoms with Gasteiger partial charge in [-0.2, -0.15) is 0 Å². The molecule has 0 heterocycles. The van der Waals surface area contributed by atoms with Crippen LogP contribution in [0.2, 0.25) is 0 Å². The van der Waals surface area contributed by atoms with Crippen LogP contribution in [0.3, 0.4) is 0 Å². The van der Waals surface area contributed by atoms with Crippen molar-refractivity contribution >= 4 is 6.39 Å². The van der Waals surface area contributed by atoms with Crippen LogP contribution in [0.5, 0.6) is 0 Å². The average molecular weight is 95.1 g/mol.